The second-order valence-corrected chi connectivity index (χ2v) is 7.73. The fraction of sp³-hybridized carbons (Fsp3) is 0.308. The molecule has 166 valence electrons. The van der Waals surface area contributed by atoms with E-state index in [4.69, 9.17) is 16.7 Å². The molecule has 0 saturated heterocycles. The van der Waals surface area contributed by atoms with E-state index in [1.165, 1.54) is 11.6 Å². The van der Waals surface area contributed by atoms with Gasteiger partial charge in [-0.3, -0.25) is 4.90 Å². The average molecular weight is 444 g/mol. The van der Waals surface area contributed by atoms with Crippen molar-refractivity contribution in [3.63, 3.8) is 0 Å². The zero-order valence-electron chi connectivity index (χ0n) is 17.9. The van der Waals surface area contributed by atoms with E-state index < -0.39 is 0 Å². The van der Waals surface area contributed by atoms with E-state index in [-0.39, 0.29) is 18.3 Å². The van der Waals surface area contributed by atoms with E-state index in [0.717, 1.165) is 49.2 Å². The first-order valence-corrected chi connectivity index (χ1v) is 10.8. The normalized spacial score (nSPS) is 11.7. The zero-order chi connectivity index (χ0) is 22.5. The topological polar surface area (TPSA) is 43.7 Å². The van der Waals surface area contributed by atoms with E-state index in [2.05, 4.69) is 17.0 Å². The van der Waals surface area contributed by atoms with Crippen LogP contribution in [0.3, 0.4) is 0 Å². The maximum Gasteiger partial charge on any atom is 0.123 e. The summed E-state index contributed by atoms with van der Waals surface area (Å²) in [6, 6.07) is 24.9. The minimum absolute atomic E-state index is 0.113. The van der Waals surface area contributed by atoms with Gasteiger partial charge in [0.2, 0.25) is 0 Å². The number of aliphatic hydroxyl groups excluding tert-OH is 2. The Hall–Kier alpha value is -2.24. The highest BCUT2D eigenvalue weighted by Crippen LogP contribution is 2.28. The van der Waals surface area contributed by atoms with Crippen molar-refractivity contribution in [3.05, 3.63) is 106 Å². The highest BCUT2D eigenvalue weighted by atomic mass is 35.5. The van der Waals surface area contributed by atoms with Crippen molar-refractivity contribution < 1.29 is 14.6 Å². The van der Waals surface area contributed by atoms with Gasteiger partial charge in [-0.05, 0) is 60.2 Å². The van der Waals surface area contributed by atoms with Crippen LogP contribution < -0.4 is 0 Å². The lowest BCUT2D eigenvalue weighted by atomic mass is 9.89. The van der Waals surface area contributed by atoms with Gasteiger partial charge in [0.1, 0.15) is 5.82 Å². The van der Waals surface area contributed by atoms with Crippen LogP contribution in [-0.4, -0.2) is 41.9 Å². The van der Waals surface area contributed by atoms with E-state index in [1.54, 1.807) is 12.1 Å². The van der Waals surface area contributed by atoms with Crippen molar-refractivity contribution >= 4 is 11.6 Å². The molecule has 0 bridgehead atoms. The summed E-state index contributed by atoms with van der Waals surface area (Å²) in [6.45, 7) is 2.31. The summed E-state index contributed by atoms with van der Waals surface area (Å²) in [4.78, 5) is 2.24. The van der Waals surface area contributed by atoms with Gasteiger partial charge in [0.15, 0.2) is 0 Å². The van der Waals surface area contributed by atoms with Gasteiger partial charge in [0, 0.05) is 25.2 Å². The Bertz CT molecular complexity index is 891. The Morgan fingerprint density at radius 2 is 1.61 bits per heavy atom. The molecule has 0 fully saturated rings. The van der Waals surface area contributed by atoms with E-state index >= 15 is 0 Å². The molecule has 3 nitrogen and oxygen atoms in total. The molecule has 3 rings (SSSR count). The molecule has 3 aromatic rings. The Labute approximate surface area is 189 Å². The minimum Gasteiger partial charge on any atom is -0.400 e. The van der Waals surface area contributed by atoms with Crippen LogP contribution in [0.1, 0.15) is 29.0 Å². The third-order valence-electron chi connectivity index (χ3n) is 5.20. The second kappa shape index (κ2) is 13.9. The number of benzene rings is 3. The molecule has 0 aromatic heterocycles. The zero-order valence-corrected chi connectivity index (χ0v) is 18.7. The SMILES string of the molecule is CO.OCCN(CC[C@@H](Cc1ccccc1Cl)c1cccc(F)c1)Cc1ccccc1. The van der Waals surface area contributed by atoms with Gasteiger partial charge in [0.05, 0.1) is 6.61 Å². The molecule has 2 N–H and O–H groups in total. The maximum atomic E-state index is 13.9. The van der Waals surface area contributed by atoms with Crippen LogP contribution in [0.5, 0.6) is 0 Å². The summed E-state index contributed by atoms with van der Waals surface area (Å²) in [7, 11) is 1.00. The number of nitrogens with zero attached hydrogens (tertiary/aromatic N) is 1. The molecule has 3 aromatic carbocycles. The van der Waals surface area contributed by atoms with Gasteiger partial charge in [-0.2, -0.15) is 0 Å². The van der Waals surface area contributed by atoms with Crippen LogP contribution in [0.2, 0.25) is 5.02 Å². The molecule has 0 radical (unpaired) electrons. The van der Waals surface area contributed by atoms with Crippen molar-refractivity contribution in [2.75, 3.05) is 26.8 Å². The lowest BCUT2D eigenvalue weighted by molar-refractivity contribution is 0.185. The van der Waals surface area contributed by atoms with Crippen molar-refractivity contribution in [1.29, 1.82) is 0 Å². The average Bonchev–Trinajstić information content (AvgIpc) is 2.80. The number of aliphatic hydroxyl groups is 2. The molecule has 0 saturated carbocycles. The summed E-state index contributed by atoms with van der Waals surface area (Å²) in [5, 5.41) is 17.2. The molecule has 0 aliphatic rings. The van der Waals surface area contributed by atoms with Gasteiger partial charge in [-0.25, -0.2) is 4.39 Å². The lowest BCUT2D eigenvalue weighted by Crippen LogP contribution is -2.29. The predicted molar refractivity (Wildman–Crippen MR) is 126 cm³/mol. The number of halogens is 2. The highest BCUT2D eigenvalue weighted by molar-refractivity contribution is 6.31. The molecule has 0 aliphatic carbocycles. The Morgan fingerprint density at radius 3 is 2.29 bits per heavy atom. The van der Waals surface area contributed by atoms with Crippen molar-refractivity contribution in [3.8, 4) is 0 Å². The minimum atomic E-state index is -0.219. The summed E-state index contributed by atoms with van der Waals surface area (Å²) in [5.74, 6) is -0.0780. The monoisotopic (exact) mass is 443 g/mol. The summed E-state index contributed by atoms with van der Waals surface area (Å²) in [6.07, 6.45) is 1.60. The summed E-state index contributed by atoms with van der Waals surface area (Å²) in [5.41, 5.74) is 3.27. The first kappa shape index (κ1) is 25.0. The molecule has 0 aliphatic heterocycles. The van der Waals surface area contributed by atoms with Gasteiger partial charge in [-0.15, -0.1) is 0 Å². The lowest BCUT2D eigenvalue weighted by Gasteiger charge is -2.25. The van der Waals surface area contributed by atoms with Crippen LogP contribution in [0.15, 0.2) is 78.9 Å². The Kier molecular flexibility index (Phi) is 11.3. The molecule has 31 heavy (non-hydrogen) atoms. The number of hydrogen-bond donors (Lipinski definition) is 2. The molecule has 0 unspecified atom stereocenters. The fourth-order valence-electron chi connectivity index (χ4n) is 3.67. The van der Waals surface area contributed by atoms with E-state index in [1.807, 2.05) is 48.5 Å². The standard InChI is InChI=1S/C25H27ClFNO.CH4O/c26-25-12-5-4-9-23(25)17-22(21-10-6-11-24(27)18-21)13-14-28(15-16-29)19-20-7-2-1-3-8-20;1-2/h1-12,18,22,29H,13-17,19H2;2H,1H3/t22-;/m0./s1. The first-order valence-electron chi connectivity index (χ1n) is 10.5. The molecule has 0 amide bonds. The fourth-order valence-corrected chi connectivity index (χ4v) is 3.88. The van der Waals surface area contributed by atoms with Crippen LogP contribution >= 0.6 is 11.6 Å². The molecule has 1 atom stereocenters. The van der Waals surface area contributed by atoms with Gasteiger partial charge in [0.25, 0.3) is 0 Å². The second-order valence-electron chi connectivity index (χ2n) is 7.32. The third-order valence-corrected chi connectivity index (χ3v) is 5.57. The summed E-state index contributed by atoms with van der Waals surface area (Å²) < 4.78 is 13.9. The van der Waals surface area contributed by atoms with Gasteiger partial charge < -0.3 is 10.2 Å². The quantitative estimate of drug-likeness (QED) is 0.447. The predicted octanol–water partition coefficient (Wildman–Crippen LogP) is 5.30. The smallest absolute Gasteiger partial charge is 0.123 e. The van der Waals surface area contributed by atoms with Crippen LogP contribution in [0.4, 0.5) is 4.39 Å². The third kappa shape index (κ3) is 8.42. The van der Waals surface area contributed by atoms with Gasteiger partial charge in [-0.1, -0.05) is 72.3 Å². The maximum absolute atomic E-state index is 13.9. The first-order chi connectivity index (χ1) is 15.2. The van der Waals surface area contributed by atoms with E-state index in [9.17, 15) is 9.50 Å². The largest absolute Gasteiger partial charge is 0.400 e. The molecular weight excluding hydrogens is 413 g/mol. The Morgan fingerprint density at radius 1 is 0.903 bits per heavy atom. The number of hydrogen-bond acceptors (Lipinski definition) is 3. The highest BCUT2D eigenvalue weighted by Gasteiger charge is 2.17. The van der Waals surface area contributed by atoms with Crippen molar-refractivity contribution in [2.45, 2.75) is 25.3 Å². The van der Waals surface area contributed by atoms with Crippen LogP contribution in [-0.2, 0) is 13.0 Å². The van der Waals surface area contributed by atoms with Gasteiger partial charge >= 0.3 is 0 Å². The Balaban J connectivity index is 0.00000166. The van der Waals surface area contributed by atoms with Crippen LogP contribution in [0.25, 0.3) is 0 Å². The number of rotatable bonds is 10. The molecular formula is C26H31ClFNO2. The van der Waals surface area contributed by atoms with Crippen molar-refractivity contribution in [2.24, 2.45) is 0 Å². The van der Waals surface area contributed by atoms with Crippen LogP contribution in [0, 0.1) is 5.82 Å². The molecule has 0 heterocycles. The van der Waals surface area contributed by atoms with Crippen molar-refractivity contribution in [1.82, 2.24) is 4.90 Å². The summed E-state index contributed by atoms with van der Waals surface area (Å²) >= 11 is 6.39. The molecule has 5 heteroatoms. The molecule has 0 spiro atoms. The van der Waals surface area contributed by atoms with E-state index in [0.29, 0.717) is 6.54 Å².